The van der Waals surface area contributed by atoms with Crippen molar-refractivity contribution in [3.05, 3.63) is 52.6 Å². The highest BCUT2D eigenvalue weighted by atomic mass is 31.1. The van der Waals surface area contributed by atoms with Crippen LogP contribution in [0.2, 0.25) is 0 Å². The largest absolute Gasteiger partial charge is 0.496 e. The van der Waals surface area contributed by atoms with Gasteiger partial charge in [-0.3, -0.25) is 14.2 Å². The van der Waals surface area contributed by atoms with Gasteiger partial charge in [-0.25, -0.2) is 0 Å². The third kappa shape index (κ3) is 4.16. The summed E-state index contributed by atoms with van der Waals surface area (Å²) in [6.45, 7) is 3.75. The number of aryl methyl sites for hydroxylation is 2. The summed E-state index contributed by atoms with van der Waals surface area (Å²) in [5.74, 6) is 0.665. The summed E-state index contributed by atoms with van der Waals surface area (Å²) >= 11 is 0. The molecule has 32 heavy (non-hydrogen) atoms. The van der Waals surface area contributed by atoms with Crippen LogP contribution in [0.5, 0.6) is 17.2 Å². The normalized spacial score (nSPS) is 15.6. The first-order valence-electron chi connectivity index (χ1n) is 10.7. The first kappa shape index (κ1) is 23.9. The van der Waals surface area contributed by atoms with E-state index in [0.717, 1.165) is 30.4 Å². The van der Waals surface area contributed by atoms with E-state index in [0.29, 0.717) is 24.2 Å². The first-order valence-corrected chi connectivity index (χ1v) is 12.0. The maximum absolute atomic E-state index is 14.0. The number of rotatable bonds is 8. The second kappa shape index (κ2) is 9.83. The van der Waals surface area contributed by atoms with E-state index in [4.69, 9.17) is 14.2 Å². The summed E-state index contributed by atoms with van der Waals surface area (Å²) in [6, 6.07) is 8.76. The van der Waals surface area contributed by atoms with Gasteiger partial charge in [-0.15, -0.1) is 0 Å². The molecule has 2 aromatic rings. The van der Waals surface area contributed by atoms with Crippen molar-refractivity contribution in [3.8, 4) is 17.2 Å². The van der Waals surface area contributed by atoms with Crippen molar-refractivity contribution in [2.75, 3.05) is 21.3 Å². The van der Waals surface area contributed by atoms with Crippen molar-refractivity contribution >= 4 is 19.1 Å². The molecule has 0 heterocycles. The van der Waals surface area contributed by atoms with Gasteiger partial charge in [-0.2, -0.15) is 0 Å². The average Bonchev–Trinajstić information content (AvgIpc) is 2.82. The van der Waals surface area contributed by atoms with Crippen molar-refractivity contribution in [2.45, 2.75) is 51.1 Å². The minimum Gasteiger partial charge on any atom is -0.496 e. The summed E-state index contributed by atoms with van der Waals surface area (Å²) in [5, 5.41) is -1.24. The number of methoxy groups -OCH3 is 3. The minimum absolute atomic E-state index is 0.0798. The van der Waals surface area contributed by atoms with Crippen LogP contribution in [0, 0.1) is 13.8 Å². The lowest BCUT2D eigenvalue weighted by molar-refractivity contribution is 0.0901. The molecule has 1 aliphatic rings. The highest BCUT2D eigenvalue weighted by Gasteiger charge is 2.50. The number of carbonyl (C=O) groups excluding carboxylic acids is 2. The molecule has 0 aliphatic heterocycles. The van der Waals surface area contributed by atoms with Crippen LogP contribution in [-0.4, -0.2) is 37.8 Å². The second-order valence-electron chi connectivity index (χ2n) is 8.19. The smallest absolute Gasteiger partial charge is 0.250 e. The predicted octanol–water partition coefficient (Wildman–Crippen LogP) is 5.88. The van der Waals surface area contributed by atoms with Gasteiger partial charge in [0.25, 0.3) is 0 Å². The summed E-state index contributed by atoms with van der Waals surface area (Å²) in [7, 11) is 1.74. The zero-order valence-corrected chi connectivity index (χ0v) is 20.2. The molecule has 1 saturated carbocycles. The number of hydrogen-bond acceptors (Lipinski definition) is 6. The molecule has 171 valence electrons. The molecule has 7 heteroatoms. The maximum Gasteiger partial charge on any atom is 0.250 e. The lowest BCUT2D eigenvalue weighted by atomic mass is 9.80. The fraction of sp³-hybridized carbons (Fsp3) is 0.440. The van der Waals surface area contributed by atoms with E-state index >= 15 is 0 Å². The van der Waals surface area contributed by atoms with Crippen LogP contribution >= 0.6 is 7.80 Å². The molecular weight excluding hydrogens is 427 g/mol. The van der Waals surface area contributed by atoms with Gasteiger partial charge in [-0.1, -0.05) is 37.5 Å². The van der Waals surface area contributed by atoms with Crippen LogP contribution in [0.15, 0.2) is 30.3 Å². The van der Waals surface area contributed by atoms with Gasteiger partial charge in [0.1, 0.15) is 28.0 Å². The first-order chi connectivity index (χ1) is 15.3. The fourth-order valence-electron chi connectivity index (χ4n) is 4.58. The second-order valence-corrected chi connectivity index (χ2v) is 10.0. The van der Waals surface area contributed by atoms with E-state index in [1.807, 2.05) is 32.0 Å². The van der Waals surface area contributed by atoms with Gasteiger partial charge >= 0.3 is 0 Å². The van der Waals surface area contributed by atoms with E-state index in [2.05, 4.69) is 0 Å². The molecule has 6 nitrogen and oxygen atoms in total. The molecule has 0 amide bonds. The Hall–Kier alpha value is -2.72. The van der Waals surface area contributed by atoms with E-state index in [9.17, 15) is 14.2 Å². The molecular formula is C25H30O6P. The number of Topliss-reactive ketones (excluding diaryl/α,β-unsaturated/α-hetero) is 1. The topological polar surface area (TPSA) is 78.9 Å². The van der Waals surface area contributed by atoms with Crippen LogP contribution < -0.4 is 14.2 Å². The molecule has 2 aromatic carbocycles. The third-order valence-electron chi connectivity index (χ3n) is 6.31. The Kier molecular flexibility index (Phi) is 7.35. The van der Waals surface area contributed by atoms with Crippen LogP contribution in [0.4, 0.5) is 0 Å². The van der Waals surface area contributed by atoms with Gasteiger partial charge in [-0.05, 0) is 37.8 Å². The summed E-state index contributed by atoms with van der Waals surface area (Å²) in [4.78, 5) is 27.6. The van der Waals surface area contributed by atoms with Crippen LogP contribution in [0.25, 0.3) is 0 Å². The van der Waals surface area contributed by atoms with Crippen LogP contribution in [0.1, 0.15) is 63.9 Å². The third-order valence-corrected chi connectivity index (χ3v) is 8.33. The lowest BCUT2D eigenvalue weighted by Gasteiger charge is -2.35. The van der Waals surface area contributed by atoms with Gasteiger partial charge in [0.2, 0.25) is 5.52 Å². The number of hydrogen-bond donors (Lipinski definition) is 0. The SMILES string of the molecule is COc1cc(OC)c(C(=O)[P](=O)C2(C(=O)c3c(C)cccc3C)CCCCC2)c(OC)c1. The van der Waals surface area contributed by atoms with E-state index in [1.54, 1.807) is 12.1 Å². The molecule has 1 unspecified atom stereocenters. The van der Waals surface area contributed by atoms with Crippen LogP contribution in [0.3, 0.4) is 0 Å². The number of ether oxygens (including phenoxy) is 3. The van der Waals surface area contributed by atoms with Crippen molar-refractivity contribution in [3.63, 3.8) is 0 Å². The highest BCUT2D eigenvalue weighted by Crippen LogP contribution is 2.55. The quantitative estimate of drug-likeness (QED) is 0.364. The summed E-state index contributed by atoms with van der Waals surface area (Å²) in [6.07, 6.45) is 3.29. The minimum atomic E-state index is -2.61. The Labute approximate surface area is 190 Å². The molecule has 0 aromatic heterocycles. The standard InChI is InChI=1S/C25H30O6P/c1-16-10-9-11-17(2)21(16)23(26)25(12-7-6-8-13-25)32(28)24(27)22-19(30-4)14-18(29-3)15-20(22)31-5/h9-11,14-15H,6-8,12-13H2,1-5H3. The molecule has 1 radical (unpaired) electrons. The molecule has 1 atom stereocenters. The van der Waals surface area contributed by atoms with Crippen molar-refractivity contribution in [2.24, 2.45) is 0 Å². The van der Waals surface area contributed by atoms with Gasteiger partial charge in [0.05, 0.1) is 21.3 Å². The monoisotopic (exact) mass is 457 g/mol. The molecule has 0 saturated heterocycles. The Balaban J connectivity index is 2.14. The Morgan fingerprint density at radius 2 is 1.38 bits per heavy atom. The van der Waals surface area contributed by atoms with Crippen molar-refractivity contribution in [1.82, 2.24) is 0 Å². The Morgan fingerprint density at radius 3 is 1.84 bits per heavy atom. The maximum atomic E-state index is 14.0. The highest BCUT2D eigenvalue weighted by molar-refractivity contribution is 7.67. The van der Waals surface area contributed by atoms with Gasteiger partial charge in [0.15, 0.2) is 13.6 Å². The van der Waals surface area contributed by atoms with E-state index in [-0.39, 0.29) is 22.8 Å². The Morgan fingerprint density at radius 1 is 0.844 bits per heavy atom. The number of benzene rings is 2. The molecule has 0 spiro atoms. The van der Waals surface area contributed by atoms with Crippen molar-refractivity contribution < 1.29 is 28.4 Å². The number of carbonyl (C=O) groups is 2. The molecule has 1 aliphatic carbocycles. The van der Waals surface area contributed by atoms with E-state index in [1.165, 1.54) is 21.3 Å². The number of ketones is 1. The van der Waals surface area contributed by atoms with Crippen LogP contribution in [-0.2, 0) is 4.57 Å². The summed E-state index contributed by atoms with van der Waals surface area (Å²) in [5.41, 5.74) is 1.68. The zero-order chi connectivity index (χ0) is 23.5. The van der Waals surface area contributed by atoms with Gasteiger partial charge < -0.3 is 14.2 Å². The molecule has 3 rings (SSSR count). The average molecular weight is 457 g/mol. The predicted molar refractivity (Wildman–Crippen MR) is 124 cm³/mol. The summed E-state index contributed by atoms with van der Waals surface area (Å²) < 4.78 is 30.1. The fourth-order valence-corrected chi connectivity index (χ4v) is 6.41. The molecule has 0 N–H and O–H groups in total. The van der Waals surface area contributed by atoms with Crippen molar-refractivity contribution in [1.29, 1.82) is 0 Å². The zero-order valence-electron chi connectivity index (χ0n) is 19.3. The molecule has 0 bridgehead atoms. The van der Waals surface area contributed by atoms with Gasteiger partial charge in [0, 0.05) is 17.7 Å². The lowest BCUT2D eigenvalue weighted by Crippen LogP contribution is -2.39. The molecule has 1 fully saturated rings. The Bertz CT molecular complexity index is 1010. The van der Waals surface area contributed by atoms with E-state index < -0.39 is 18.5 Å².